The van der Waals surface area contributed by atoms with Gasteiger partial charge in [-0.2, -0.15) is 5.10 Å². The molecule has 1 saturated heterocycles. The number of fused-ring (bicyclic) bond motifs is 2. The van der Waals surface area contributed by atoms with Crippen molar-refractivity contribution in [2.75, 3.05) is 38.1 Å². The molecule has 9 nitrogen and oxygen atoms in total. The van der Waals surface area contributed by atoms with E-state index in [1.165, 1.54) is 5.56 Å². The molecule has 0 spiro atoms. The zero-order chi connectivity index (χ0) is 26.9. The van der Waals surface area contributed by atoms with Crippen LogP contribution in [0, 0.1) is 0 Å². The Hall–Kier alpha value is -4.60. The van der Waals surface area contributed by atoms with Gasteiger partial charge in [-0.25, -0.2) is 4.98 Å². The minimum absolute atomic E-state index is 0.735. The number of pyridine rings is 2. The van der Waals surface area contributed by atoms with Gasteiger partial charge >= 0.3 is 0 Å². The zero-order valence-corrected chi connectivity index (χ0v) is 22.4. The average molecular weight is 530 g/mol. The van der Waals surface area contributed by atoms with Gasteiger partial charge in [0.15, 0.2) is 5.82 Å². The van der Waals surface area contributed by atoms with E-state index in [0.717, 1.165) is 95.1 Å². The topological polar surface area (TPSA) is 102 Å². The van der Waals surface area contributed by atoms with E-state index in [2.05, 4.69) is 95.8 Å². The molecular weight excluding hydrogens is 498 g/mol. The van der Waals surface area contributed by atoms with Gasteiger partial charge in [-0.3, -0.25) is 15.1 Å². The fourth-order valence-electron chi connectivity index (χ4n) is 5.37. The van der Waals surface area contributed by atoms with Gasteiger partial charge in [-0.1, -0.05) is 36.4 Å². The number of hydrogen-bond acceptors (Lipinski definition) is 7. The Kier molecular flexibility index (Phi) is 6.43. The lowest BCUT2D eigenvalue weighted by molar-refractivity contribution is 0.313. The third kappa shape index (κ3) is 4.81. The summed E-state index contributed by atoms with van der Waals surface area (Å²) in [6, 6.07) is 19.0. The van der Waals surface area contributed by atoms with Crippen LogP contribution in [0.5, 0.6) is 0 Å². The van der Waals surface area contributed by atoms with Gasteiger partial charge in [0.2, 0.25) is 0 Å². The van der Waals surface area contributed by atoms with Crippen molar-refractivity contribution in [3.05, 3.63) is 90.5 Å². The number of H-pyrrole nitrogens is 2. The number of piperazine rings is 1. The van der Waals surface area contributed by atoms with Gasteiger partial charge in [-0.05, 0) is 41.9 Å². The predicted molar refractivity (Wildman–Crippen MR) is 159 cm³/mol. The minimum Gasteiger partial charge on any atom is -0.366 e. The lowest BCUT2D eigenvalue weighted by atomic mass is 10.0. The summed E-state index contributed by atoms with van der Waals surface area (Å²) in [4.78, 5) is 22.2. The van der Waals surface area contributed by atoms with Crippen molar-refractivity contribution in [1.29, 1.82) is 0 Å². The average Bonchev–Trinajstić information content (AvgIpc) is 3.62. The molecule has 200 valence electrons. The third-order valence-electron chi connectivity index (χ3n) is 7.64. The first-order valence-corrected chi connectivity index (χ1v) is 13.7. The number of anilines is 1. The van der Waals surface area contributed by atoms with Crippen molar-refractivity contribution >= 4 is 27.6 Å². The fraction of sp³-hybridized carbons (Fsp3) is 0.226. The first kappa shape index (κ1) is 24.4. The monoisotopic (exact) mass is 529 g/mol. The van der Waals surface area contributed by atoms with Gasteiger partial charge in [0, 0.05) is 62.6 Å². The van der Waals surface area contributed by atoms with Crippen molar-refractivity contribution in [2.45, 2.75) is 13.1 Å². The number of aromatic nitrogens is 6. The van der Waals surface area contributed by atoms with Crippen LogP contribution in [0.25, 0.3) is 44.6 Å². The number of nitrogens with one attached hydrogen (secondary N) is 3. The summed E-state index contributed by atoms with van der Waals surface area (Å²) < 4.78 is 0. The largest absolute Gasteiger partial charge is 0.366 e. The maximum absolute atomic E-state index is 5.02. The van der Waals surface area contributed by atoms with E-state index in [0.29, 0.717) is 0 Å². The van der Waals surface area contributed by atoms with Crippen LogP contribution in [0.2, 0.25) is 0 Å². The molecule has 2 aromatic carbocycles. The van der Waals surface area contributed by atoms with Gasteiger partial charge in [0.25, 0.3) is 0 Å². The van der Waals surface area contributed by atoms with E-state index in [4.69, 9.17) is 4.98 Å². The first-order chi connectivity index (χ1) is 19.7. The molecule has 1 fully saturated rings. The molecule has 5 heterocycles. The molecule has 3 N–H and O–H groups in total. The fourth-order valence-corrected chi connectivity index (χ4v) is 5.37. The summed E-state index contributed by atoms with van der Waals surface area (Å²) in [5, 5.41) is 12.4. The van der Waals surface area contributed by atoms with Gasteiger partial charge in [0.05, 0.1) is 29.1 Å². The lowest BCUT2D eigenvalue weighted by Gasteiger charge is -2.33. The summed E-state index contributed by atoms with van der Waals surface area (Å²) in [5.41, 5.74) is 9.24. The van der Waals surface area contributed by atoms with Gasteiger partial charge < -0.3 is 20.1 Å². The molecule has 0 saturated carbocycles. The Labute approximate surface area is 232 Å². The van der Waals surface area contributed by atoms with E-state index in [-0.39, 0.29) is 0 Å². The van der Waals surface area contributed by atoms with E-state index in [9.17, 15) is 0 Å². The number of aromatic amines is 2. The van der Waals surface area contributed by atoms with E-state index in [1.807, 2.05) is 30.9 Å². The number of nitrogens with zero attached hydrogens (tertiary/aromatic N) is 6. The van der Waals surface area contributed by atoms with E-state index >= 15 is 0 Å². The lowest BCUT2D eigenvalue weighted by Crippen LogP contribution is -2.44. The van der Waals surface area contributed by atoms with E-state index < -0.39 is 0 Å². The highest BCUT2D eigenvalue weighted by molar-refractivity contribution is 5.97. The molecular formula is C31H31N9. The number of rotatable bonds is 7. The molecule has 4 aromatic heterocycles. The number of hydrogen-bond donors (Lipinski definition) is 3. The standard InChI is InChI=1S/C31H31N9/c1-39-9-11-40(12-10-39)28-20-34-19-27-30(28)36-31(35-27)29-25-14-23(7-8-26(25)37-38-29)24-13-22(17-33-18-24)16-32-15-21-5-3-2-4-6-21/h2-8,13-14,17-20,32H,9-12,15-16H2,1H3,(H,35,36)(H,37,38). The minimum atomic E-state index is 0.735. The molecule has 0 aliphatic carbocycles. The van der Waals surface area contributed by atoms with Crippen molar-refractivity contribution in [1.82, 2.24) is 40.3 Å². The SMILES string of the molecule is CN1CCN(c2cncc3[nH]c(-c4n[nH]c5ccc(-c6cncc(CNCc7ccccc7)c6)cc45)nc23)CC1. The highest BCUT2D eigenvalue weighted by Crippen LogP contribution is 2.32. The maximum atomic E-state index is 5.02. The van der Waals surface area contributed by atoms with Crippen LogP contribution in [-0.2, 0) is 13.1 Å². The molecule has 0 radical (unpaired) electrons. The summed E-state index contributed by atoms with van der Waals surface area (Å²) in [6.07, 6.45) is 7.60. The number of benzene rings is 2. The normalized spacial score (nSPS) is 14.4. The molecule has 7 rings (SSSR count). The summed E-state index contributed by atoms with van der Waals surface area (Å²) in [7, 11) is 2.16. The molecule has 40 heavy (non-hydrogen) atoms. The zero-order valence-electron chi connectivity index (χ0n) is 22.4. The van der Waals surface area contributed by atoms with Crippen LogP contribution in [-0.4, -0.2) is 68.3 Å². The van der Waals surface area contributed by atoms with Crippen LogP contribution >= 0.6 is 0 Å². The Morgan fingerprint density at radius 1 is 0.800 bits per heavy atom. The highest BCUT2D eigenvalue weighted by atomic mass is 15.3. The quantitative estimate of drug-likeness (QED) is 0.278. The molecule has 1 aliphatic rings. The van der Waals surface area contributed by atoms with Crippen molar-refractivity contribution in [3.8, 4) is 22.6 Å². The highest BCUT2D eigenvalue weighted by Gasteiger charge is 2.20. The van der Waals surface area contributed by atoms with Gasteiger partial charge in [-0.15, -0.1) is 0 Å². The Morgan fingerprint density at radius 2 is 1.62 bits per heavy atom. The summed E-state index contributed by atoms with van der Waals surface area (Å²) in [6.45, 7) is 5.54. The molecule has 0 bridgehead atoms. The second kappa shape index (κ2) is 10.5. The third-order valence-corrected chi connectivity index (χ3v) is 7.64. The van der Waals surface area contributed by atoms with Crippen molar-refractivity contribution in [2.24, 2.45) is 0 Å². The molecule has 9 heteroatoms. The van der Waals surface area contributed by atoms with Crippen LogP contribution in [0.4, 0.5) is 5.69 Å². The molecule has 1 aliphatic heterocycles. The second-order valence-corrected chi connectivity index (χ2v) is 10.4. The molecule has 0 unspecified atom stereocenters. The summed E-state index contributed by atoms with van der Waals surface area (Å²) >= 11 is 0. The Morgan fingerprint density at radius 3 is 2.50 bits per heavy atom. The van der Waals surface area contributed by atoms with E-state index in [1.54, 1.807) is 0 Å². The van der Waals surface area contributed by atoms with Crippen LogP contribution in [0.3, 0.4) is 0 Å². The van der Waals surface area contributed by atoms with Gasteiger partial charge in [0.1, 0.15) is 11.2 Å². The number of likely N-dealkylation sites (N-methyl/N-ethyl adjacent to an activating group) is 1. The van der Waals surface area contributed by atoms with Crippen molar-refractivity contribution < 1.29 is 0 Å². The van der Waals surface area contributed by atoms with Crippen LogP contribution in [0.1, 0.15) is 11.1 Å². The Balaban J connectivity index is 1.17. The second-order valence-electron chi connectivity index (χ2n) is 10.4. The molecule has 0 amide bonds. The summed E-state index contributed by atoms with van der Waals surface area (Å²) in [5.74, 6) is 0.735. The maximum Gasteiger partial charge on any atom is 0.159 e. The predicted octanol–water partition coefficient (Wildman–Crippen LogP) is 4.60. The molecule has 6 aromatic rings. The van der Waals surface area contributed by atoms with Crippen LogP contribution < -0.4 is 10.2 Å². The molecule has 0 atom stereocenters. The Bertz CT molecular complexity index is 1760. The number of imidazole rings is 1. The van der Waals surface area contributed by atoms with Crippen molar-refractivity contribution in [3.63, 3.8) is 0 Å². The first-order valence-electron chi connectivity index (χ1n) is 13.7. The van der Waals surface area contributed by atoms with Crippen LogP contribution in [0.15, 0.2) is 79.4 Å². The smallest absolute Gasteiger partial charge is 0.159 e.